The van der Waals surface area contributed by atoms with Gasteiger partial charge in [-0.2, -0.15) is 0 Å². The van der Waals surface area contributed by atoms with E-state index in [0.717, 1.165) is 48.2 Å². The van der Waals surface area contributed by atoms with E-state index in [9.17, 15) is 4.79 Å². The Bertz CT molecular complexity index is 1080. The topological polar surface area (TPSA) is 79.7 Å². The second kappa shape index (κ2) is 7.37. The summed E-state index contributed by atoms with van der Waals surface area (Å²) in [5, 5.41) is 13.7. The van der Waals surface area contributed by atoms with E-state index in [0.29, 0.717) is 5.56 Å². The number of hydrogen-bond acceptors (Lipinski definition) is 5. The van der Waals surface area contributed by atoms with E-state index >= 15 is 0 Å². The number of tetrazole rings is 1. The maximum absolute atomic E-state index is 13.3. The summed E-state index contributed by atoms with van der Waals surface area (Å²) >= 11 is 0. The Hall–Kier alpha value is -2.54. The fraction of sp³-hybridized carbons (Fsp3) is 0.545. The van der Waals surface area contributed by atoms with E-state index in [1.165, 1.54) is 12.0 Å². The largest absolute Gasteiger partial charge is 0.321 e. The number of benzene rings is 1. The van der Waals surface area contributed by atoms with E-state index < -0.39 is 0 Å². The van der Waals surface area contributed by atoms with Gasteiger partial charge in [-0.1, -0.05) is 18.6 Å². The number of piperidine rings is 1. The van der Waals surface area contributed by atoms with Crippen LogP contribution in [0.5, 0.6) is 0 Å². The molecule has 2 aromatic heterocycles. The highest BCUT2D eigenvalue weighted by atomic mass is 16.1. The average Bonchev–Trinajstić information content (AvgIpc) is 3.17. The highest BCUT2D eigenvalue weighted by Crippen LogP contribution is 2.31. The lowest BCUT2D eigenvalue weighted by Gasteiger charge is -2.35. The quantitative estimate of drug-likeness (QED) is 0.736. The van der Waals surface area contributed by atoms with E-state index in [2.05, 4.69) is 72.2 Å². The molecule has 1 aromatic carbocycles. The summed E-state index contributed by atoms with van der Waals surface area (Å²) in [6, 6.07) is 5.95. The van der Waals surface area contributed by atoms with Gasteiger partial charge in [0.05, 0.1) is 11.1 Å². The van der Waals surface area contributed by atoms with Gasteiger partial charge in [0.15, 0.2) is 5.82 Å². The van der Waals surface area contributed by atoms with E-state index in [4.69, 9.17) is 0 Å². The van der Waals surface area contributed by atoms with Crippen LogP contribution in [0, 0.1) is 13.8 Å². The summed E-state index contributed by atoms with van der Waals surface area (Å²) in [6.45, 7) is 12.2. The van der Waals surface area contributed by atoms with Crippen molar-refractivity contribution in [2.45, 2.75) is 65.5 Å². The van der Waals surface area contributed by atoms with Gasteiger partial charge in [0.2, 0.25) is 0 Å². The van der Waals surface area contributed by atoms with Crippen LogP contribution < -0.4 is 5.56 Å². The first kappa shape index (κ1) is 19.8. The van der Waals surface area contributed by atoms with Crippen LogP contribution in [0.3, 0.4) is 0 Å². The number of nitrogens with one attached hydrogen (secondary N) is 1. The molecule has 3 heterocycles. The van der Waals surface area contributed by atoms with Gasteiger partial charge >= 0.3 is 0 Å². The summed E-state index contributed by atoms with van der Waals surface area (Å²) in [5.41, 5.74) is 3.56. The first-order chi connectivity index (χ1) is 13.8. The molecular formula is C22H30N6O. The molecule has 1 aliphatic rings. The molecule has 1 N–H and O–H groups in total. The van der Waals surface area contributed by atoms with Gasteiger partial charge < -0.3 is 4.98 Å². The fourth-order valence-corrected chi connectivity index (χ4v) is 4.26. The molecular weight excluding hydrogens is 364 g/mol. The molecule has 154 valence electrons. The number of pyridine rings is 1. The molecule has 29 heavy (non-hydrogen) atoms. The van der Waals surface area contributed by atoms with Crippen LogP contribution in [0.4, 0.5) is 0 Å². The molecule has 3 aromatic rings. The summed E-state index contributed by atoms with van der Waals surface area (Å²) < 4.78 is 1.86. The smallest absolute Gasteiger partial charge is 0.253 e. The van der Waals surface area contributed by atoms with Crippen molar-refractivity contribution in [3.63, 3.8) is 0 Å². The Morgan fingerprint density at radius 2 is 1.83 bits per heavy atom. The van der Waals surface area contributed by atoms with E-state index in [1.807, 2.05) is 10.7 Å². The summed E-state index contributed by atoms with van der Waals surface area (Å²) in [7, 11) is 0. The number of aromatic nitrogens is 5. The molecule has 1 fully saturated rings. The molecule has 0 spiro atoms. The molecule has 0 bridgehead atoms. The second-order valence-electron chi connectivity index (χ2n) is 9.14. The van der Waals surface area contributed by atoms with Gasteiger partial charge in [-0.3, -0.25) is 9.69 Å². The molecule has 1 atom stereocenters. The first-order valence-corrected chi connectivity index (χ1v) is 10.4. The van der Waals surface area contributed by atoms with Crippen molar-refractivity contribution in [2.75, 3.05) is 13.1 Å². The molecule has 0 radical (unpaired) electrons. The Morgan fingerprint density at radius 1 is 1.10 bits per heavy atom. The van der Waals surface area contributed by atoms with Gasteiger partial charge in [0.1, 0.15) is 6.04 Å². The maximum Gasteiger partial charge on any atom is 0.253 e. The normalized spacial score (nSPS) is 17.0. The third-order valence-corrected chi connectivity index (χ3v) is 6.00. The van der Waals surface area contributed by atoms with Crippen LogP contribution in [-0.4, -0.2) is 43.2 Å². The van der Waals surface area contributed by atoms with Crippen molar-refractivity contribution in [3.05, 3.63) is 51.1 Å². The zero-order valence-corrected chi connectivity index (χ0v) is 18.0. The van der Waals surface area contributed by atoms with E-state index in [1.54, 1.807) is 0 Å². The van der Waals surface area contributed by atoms with Crippen molar-refractivity contribution in [1.82, 2.24) is 30.1 Å². The molecule has 0 unspecified atom stereocenters. The Morgan fingerprint density at radius 3 is 2.52 bits per heavy atom. The molecule has 0 aliphatic carbocycles. The van der Waals surface area contributed by atoms with Crippen molar-refractivity contribution >= 4 is 10.9 Å². The fourth-order valence-electron chi connectivity index (χ4n) is 4.26. The number of hydrogen-bond donors (Lipinski definition) is 1. The maximum atomic E-state index is 13.3. The minimum atomic E-state index is -0.274. The van der Waals surface area contributed by atoms with Gasteiger partial charge in [0, 0.05) is 5.56 Å². The van der Waals surface area contributed by atoms with Crippen LogP contribution in [0.2, 0.25) is 0 Å². The molecule has 1 aliphatic heterocycles. The molecule has 0 saturated carbocycles. The first-order valence-electron chi connectivity index (χ1n) is 10.4. The van der Waals surface area contributed by atoms with Gasteiger partial charge in [-0.15, -0.1) is 5.10 Å². The average molecular weight is 395 g/mol. The predicted octanol–water partition coefficient (Wildman–Crippen LogP) is 3.46. The third-order valence-electron chi connectivity index (χ3n) is 6.00. The van der Waals surface area contributed by atoms with Crippen LogP contribution in [0.1, 0.15) is 68.6 Å². The zero-order chi connectivity index (χ0) is 20.8. The Kier molecular flexibility index (Phi) is 5.02. The number of nitrogens with zero attached hydrogens (tertiary/aromatic N) is 5. The number of likely N-dealkylation sites (tertiary alicyclic amines) is 1. The monoisotopic (exact) mass is 394 g/mol. The Labute approximate surface area is 171 Å². The van der Waals surface area contributed by atoms with Crippen molar-refractivity contribution < 1.29 is 0 Å². The van der Waals surface area contributed by atoms with Crippen LogP contribution in [0.25, 0.3) is 10.9 Å². The molecule has 1 saturated heterocycles. The standard InChI is InChI=1S/C22H30N6O/c1-14-9-10-16-13-17(21(29)23-18(16)15(14)2)19(27-11-7-6-8-12-27)20-24-25-26-28(20)22(3,4)5/h9-10,13,19H,6-8,11-12H2,1-5H3,(H,23,29)/t19-/m0/s1. The third kappa shape index (κ3) is 3.59. The zero-order valence-electron chi connectivity index (χ0n) is 18.0. The number of fused-ring (bicyclic) bond motifs is 1. The summed E-state index contributed by atoms with van der Waals surface area (Å²) in [6.07, 6.45) is 3.47. The van der Waals surface area contributed by atoms with Crippen LogP contribution in [0.15, 0.2) is 23.0 Å². The SMILES string of the molecule is Cc1ccc2cc([C@@H](c3nnnn3C(C)(C)C)N3CCCCC3)c(=O)[nH]c2c1C. The number of H-pyrrole nitrogens is 1. The molecule has 7 heteroatoms. The summed E-state index contributed by atoms with van der Waals surface area (Å²) in [5.74, 6) is 0.730. The van der Waals surface area contributed by atoms with Crippen LogP contribution >= 0.6 is 0 Å². The molecule has 0 amide bonds. The predicted molar refractivity (Wildman–Crippen MR) is 114 cm³/mol. The molecule has 4 rings (SSSR count). The summed E-state index contributed by atoms with van der Waals surface area (Å²) in [4.78, 5) is 18.8. The van der Waals surface area contributed by atoms with Crippen LogP contribution in [-0.2, 0) is 5.54 Å². The Balaban J connectivity index is 1.93. The van der Waals surface area contributed by atoms with Gasteiger partial charge in [-0.05, 0) is 93.6 Å². The minimum Gasteiger partial charge on any atom is -0.321 e. The lowest BCUT2D eigenvalue weighted by atomic mass is 9.98. The number of aromatic amines is 1. The lowest BCUT2D eigenvalue weighted by molar-refractivity contribution is 0.170. The van der Waals surface area contributed by atoms with Gasteiger partial charge in [-0.25, -0.2) is 4.68 Å². The lowest BCUT2D eigenvalue weighted by Crippen LogP contribution is -2.40. The highest BCUT2D eigenvalue weighted by Gasteiger charge is 2.33. The van der Waals surface area contributed by atoms with Gasteiger partial charge in [0.25, 0.3) is 5.56 Å². The van der Waals surface area contributed by atoms with Crippen molar-refractivity contribution in [1.29, 1.82) is 0 Å². The highest BCUT2D eigenvalue weighted by molar-refractivity contribution is 5.83. The van der Waals surface area contributed by atoms with Crippen molar-refractivity contribution in [3.8, 4) is 0 Å². The number of rotatable bonds is 3. The minimum absolute atomic E-state index is 0.0646. The van der Waals surface area contributed by atoms with Crippen molar-refractivity contribution in [2.24, 2.45) is 0 Å². The second-order valence-corrected chi connectivity index (χ2v) is 9.14. The molecule has 7 nitrogen and oxygen atoms in total. The number of aryl methyl sites for hydroxylation is 2. The van der Waals surface area contributed by atoms with E-state index in [-0.39, 0.29) is 17.1 Å².